The summed E-state index contributed by atoms with van der Waals surface area (Å²) in [6.45, 7) is 5.41. The summed E-state index contributed by atoms with van der Waals surface area (Å²) in [5, 5.41) is 5.51. The molecule has 34 heavy (non-hydrogen) atoms. The first-order valence-electron chi connectivity index (χ1n) is 11.0. The minimum Gasteiger partial charge on any atom is -0.426 e. The molecule has 0 radical (unpaired) electrons. The number of hydrogen-bond acceptors (Lipinski definition) is 6. The molecule has 0 saturated heterocycles. The van der Waals surface area contributed by atoms with Crippen molar-refractivity contribution in [2.24, 2.45) is 0 Å². The van der Waals surface area contributed by atoms with Gasteiger partial charge >= 0.3 is 17.2 Å². The van der Waals surface area contributed by atoms with Crippen LogP contribution in [-0.2, 0) is 9.59 Å². The Hall–Kier alpha value is -3.17. The number of halogens is 1. The highest BCUT2D eigenvalue weighted by molar-refractivity contribution is 7.99. The van der Waals surface area contributed by atoms with Gasteiger partial charge in [-0.2, -0.15) is 0 Å². The standard InChI is InChI=1S/C24H23ClN4O4S/c1-4-19(30)28-17-10-8-7-9-15(17)21-22(32)26-24(34-6-3)27-29(21)23(28)16-13-14(25)11-12-18(16)33-20(31)5-2/h7-13,23H,4-6H2,1-3H3/p+1/t23-/m1/s1. The highest BCUT2D eigenvalue weighted by Gasteiger charge is 2.46. The zero-order chi connectivity index (χ0) is 24.4. The number of fused-ring (bicyclic) bond motifs is 3. The van der Waals surface area contributed by atoms with Crippen molar-refractivity contribution >= 4 is 40.9 Å². The molecule has 3 aromatic rings. The number of amides is 1. The van der Waals surface area contributed by atoms with Crippen LogP contribution < -0.4 is 19.9 Å². The lowest BCUT2D eigenvalue weighted by atomic mass is 10.0. The van der Waals surface area contributed by atoms with Gasteiger partial charge in [-0.3, -0.25) is 19.4 Å². The predicted octanol–water partition coefficient (Wildman–Crippen LogP) is 4.11. The Balaban J connectivity index is 2.08. The lowest BCUT2D eigenvalue weighted by molar-refractivity contribution is -0.763. The first-order chi connectivity index (χ1) is 16.4. The molecule has 1 aromatic heterocycles. The Morgan fingerprint density at radius 1 is 1.18 bits per heavy atom. The maximum absolute atomic E-state index is 13.3. The average Bonchev–Trinajstić information content (AvgIpc) is 2.83. The monoisotopic (exact) mass is 499 g/mol. The van der Waals surface area contributed by atoms with E-state index in [4.69, 9.17) is 21.4 Å². The van der Waals surface area contributed by atoms with Gasteiger partial charge in [-0.1, -0.05) is 56.3 Å². The number of aromatic amines is 1. The fourth-order valence-electron chi connectivity index (χ4n) is 3.90. The van der Waals surface area contributed by atoms with Gasteiger partial charge in [0.05, 0.1) is 16.8 Å². The fraction of sp³-hybridized carbons (Fsp3) is 0.292. The summed E-state index contributed by atoms with van der Waals surface area (Å²) < 4.78 is 7.14. The number of anilines is 1. The Bertz CT molecular complexity index is 1330. The number of carbonyl (C=O) groups is 2. The van der Waals surface area contributed by atoms with Gasteiger partial charge in [-0.15, -0.1) is 0 Å². The van der Waals surface area contributed by atoms with E-state index in [0.29, 0.717) is 38.4 Å². The van der Waals surface area contributed by atoms with Gasteiger partial charge < -0.3 is 4.74 Å². The summed E-state index contributed by atoms with van der Waals surface area (Å²) >= 11 is 7.74. The summed E-state index contributed by atoms with van der Waals surface area (Å²) in [6, 6.07) is 12.0. The smallest absolute Gasteiger partial charge is 0.325 e. The lowest BCUT2D eigenvalue weighted by Crippen LogP contribution is -2.61. The van der Waals surface area contributed by atoms with Gasteiger partial charge in [0.25, 0.3) is 6.17 Å². The molecule has 1 amide bonds. The van der Waals surface area contributed by atoms with Crippen LogP contribution in [0.2, 0.25) is 5.02 Å². The van der Waals surface area contributed by atoms with Crippen LogP contribution in [0.4, 0.5) is 5.69 Å². The SMILES string of the molecule is CCSc1n[n+]2c(c(=O)[nH]1)-c1ccccc1N(C(=O)CC)[C@H]2c1cc(Cl)ccc1OC(=O)CC. The predicted molar refractivity (Wildman–Crippen MR) is 130 cm³/mol. The number of aromatic nitrogens is 3. The van der Waals surface area contributed by atoms with E-state index in [1.54, 1.807) is 61.2 Å². The number of benzene rings is 2. The maximum atomic E-state index is 13.3. The number of carbonyl (C=O) groups excluding carboxylic acids is 2. The van der Waals surface area contributed by atoms with Crippen molar-refractivity contribution in [3.63, 3.8) is 0 Å². The van der Waals surface area contributed by atoms with Crippen LogP contribution in [0.15, 0.2) is 52.4 Å². The highest BCUT2D eigenvalue weighted by atomic mass is 35.5. The fourth-order valence-corrected chi connectivity index (χ4v) is 4.67. The van der Waals surface area contributed by atoms with Crippen LogP contribution in [0.1, 0.15) is 45.3 Å². The third-order valence-corrected chi connectivity index (χ3v) is 6.35. The van der Waals surface area contributed by atoms with Gasteiger partial charge in [-0.25, -0.2) is 4.90 Å². The summed E-state index contributed by atoms with van der Waals surface area (Å²) in [4.78, 5) is 43.2. The van der Waals surface area contributed by atoms with Crippen molar-refractivity contribution in [2.45, 2.75) is 44.9 Å². The Kier molecular flexibility index (Phi) is 7.04. The number of rotatable bonds is 6. The number of esters is 1. The van der Waals surface area contributed by atoms with Crippen molar-refractivity contribution in [2.75, 3.05) is 10.7 Å². The molecule has 0 spiro atoms. The first kappa shape index (κ1) is 24.0. The molecule has 0 aliphatic carbocycles. The van der Waals surface area contributed by atoms with Gasteiger partial charge in [0.1, 0.15) is 5.75 Å². The van der Waals surface area contributed by atoms with Crippen molar-refractivity contribution in [1.82, 2.24) is 10.1 Å². The number of nitrogens with one attached hydrogen (secondary N) is 1. The Labute approximate surface area is 205 Å². The second kappa shape index (κ2) is 9.99. The molecule has 176 valence electrons. The molecule has 0 bridgehead atoms. The maximum Gasteiger partial charge on any atom is 0.325 e. The molecule has 1 N–H and O–H groups in total. The normalized spacial score (nSPS) is 14.4. The molecule has 2 heterocycles. The van der Waals surface area contributed by atoms with E-state index in [-0.39, 0.29) is 30.1 Å². The Morgan fingerprint density at radius 3 is 2.65 bits per heavy atom. The molecule has 1 aliphatic heterocycles. The van der Waals surface area contributed by atoms with Crippen LogP contribution in [0.25, 0.3) is 11.3 Å². The van der Waals surface area contributed by atoms with E-state index in [2.05, 4.69) is 4.98 Å². The molecule has 2 aromatic carbocycles. The molecular weight excluding hydrogens is 476 g/mol. The van der Waals surface area contributed by atoms with Crippen LogP contribution in [0, 0.1) is 0 Å². The lowest BCUT2D eigenvalue weighted by Gasteiger charge is -2.32. The van der Waals surface area contributed by atoms with Crippen molar-refractivity contribution in [1.29, 1.82) is 0 Å². The van der Waals surface area contributed by atoms with Gasteiger partial charge in [0.2, 0.25) is 11.1 Å². The van der Waals surface area contributed by atoms with Crippen LogP contribution >= 0.6 is 23.4 Å². The number of hydrogen-bond donors (Lipinski definition) is 1. The molecule has 0 unspecified atom stereocenters. The molecule has 1 atom stereocenters. The largest absolute Gasteiger partial charge is 0.426 e. The van der Waals surface area contributed by atoms with Crippen LogP contribution in [-0.4, -0.2) is 27.7 Å². The van der Waals surface area contributed by atoms with Crippen molar-refractivity contribution in [3.8, 4) is 17.0 Å². The topological polar surface area (TPSA) is 96.2 Å². The summed E-state index contributed by atoms with van der Waals surface area (Å²) in [6.07, 6.45) is -0.508. The second-order valence-corrected chi connectivity index (χ2v) is 9.19. The van der Waals surface area contributed by atoms with E-state index in [1.807, 2.05) is 6.92 Å². The van der Waals surface area contributed by atoms with Crippen molar-refractivity contribution in [3.05, 3.63) is 63.4 Å². The average molecular weight is 500 g/mol. The van der Waals surface area contributed by atoms with Gasteiger partial charge in [0, 0.05) is 23.0 Å². The highest BCUT2D eigenvalue weighted by Crippen LogP contribution is 2.40. The minimum atomic E-state index is -0.894. The number of para-hydroxylation sites is 1. The third kappa shape index (κ3) is 4.33. The van der Waals surface area contributed by atoms with Gasteiger partial charge in [-0.05, 0) is 40.8 Å². The van der Waals surface area contributed by atoms with E-state index in [1.165, 1.54) is 16.4 Å². The molecular formula is C24H24ClN4O4S+. The van der Waals surface area contributed by atoms with Crippen LogP contribution in [0.3, 0.4) is 0 Å². The van der Waals surface area contributed by atoms with E-state index in [9.17, 15) is 14.4 Å². The zero-order valence-corrected chi connectivity index (χ0v) is 20.6. The first-order valence-corrected chi connectivity index (χ1v) is 12.4. The third-order valence-electron chi connectivity index (χ3n) is 5.37. The molecule has 10 heteroatoms. The molecule has 4 rings (SSSR count). The number of ether oxygens (including phenoxy) is 1. The number of H-pyrrole nitrogens is 1. The molecule has 8 nitrogen and oxygen atoms in total. The summed E-state index contributed by atoms with van der Waals surface area (Å²) in [5.74, 6) is 0.326. The molecule has 0 saturated carbocycles. The summed E-state index contributed by atoms with van der Waals surface area (Å²) in [5.41, 5.74) is 1.56. The van der Waals surface area contributed by atoms with E-state index >= 15 is 0 Å². The van der Waals surface area contributed by atoms with Crippen molar-refractivity contribution < 1.29 is 19.0 Å². The van der Waals surface area contributed by atoms with Gasteiger partial charge in [0.15, 0.2) is 0 Å². The Morgan fingerprint density at radius 2 is 1.94 bits per heavy atom. The molecule has 0 fully saturated rings. The van der Waals surface area contributed by atoms with E-state index in [0.717, 1.165) is 0 Å². The summed E-state index contributed by atoms with van der Waals surface area (Å²) in [7, 11) is 0. The van der Waals surface area contributed by atoms with E-state index < -0.39 is 12.1 Å². The minimum absolute atomic E-state index is 0.173. The number of nitrogens with zero attached hydrogens (tertiary/aromatic N) is 3. The van der Waals surface area contributed by atoms with Crippen LogP contribution in [0.5, 0.6) is 5.75 Å². The quantitative estimate of drug-likeness (QED) is 0.237. The second-order valence-electron chi connectivity index (χ2n) is 7.50. The number of thioether (sulfide) groups is 1. The zero-order valence-electron chi connectivity index (χ0n) is 19.0. The molecule has 1 aliphatic rings.